The highest BCUT2D eigenvalue weighted by Gasteiger charge is 2.28. The van der Waals surface area contributed by atoms with E-state index in [9.17, 15) is 13.2 Å². The minimum atomic E-state index is -3.61. The molecule has 2 atom stereocenters. The molecule has 0 amide bonds. The molecule has 0 heterocycles. The van der Waals surface area contributed by atoms with Gasteiger partial charge in [0.05, 0.1) is 10.9 Å². The van der Waals surface area contributed by atoms with Crippen LogP contribution < -0.4 is 4.72 Å². The molecule has 2 rings (SSSR count). The van der Waals surface area contributed by atoms with E-state index in [1.54, 1.807) is 24.3 Å². The number of ether oxygens (including phenoxy) is 1. The van der Waals surface area contributed by atoms with Crippen molar-refractivity contribution < 1.29 is 17.9 Å². The molecule has 6 heteroatoms. The van der Waals surface area contributed by atoms with Gasteiger partial charge in [0.2, 0.25) is 10.0 Å². The lowest BCUT2D eigenvalue weighted by Crippen LogP contribution is -2.45. The molecule has 1 aliphatic carbocycles. The molecule has 0 aliphatic heterocycles. The Balaban J connectivity index is 2.16. The fraction of sp³-hybridized carbons (Fsp3) is 0.357. The number of aryl methyl sites for hydroxylation is 1. The summed E-state index contributed by atoms with van der Waals surface area (Å²) < 4.78 is 32.1. The largest absolute Gasteiger partial charge is 0.463 e. The summed E-state index contributed by atoms with van der Waals surface area (Å²) in [6.07, 6.45) is 4.32. The van der Waals surface area contributed by atoms with Crippen molar-refractivity contribution in [1.82, 2.24) is 4.72 Å². The van der Waals surface area contributed by atoms with Crippen molar-refractivity contribution in [3.63, 3.8) is 0 Å². The third kappa shape index (κ3) is 3.46. The molecule has 1 N–H and O–H groups in total. The van der Waals surface area contributed by atoms with Crippen LogP contribution in [0, 0.1) is 6.92 Å². The highest BCUT2D eigenvalue weighted by Crippen LogP contribution is 2.18. The summed E-state index contributed by atoms with van der Waals surface area (Å²) in [6.45, 7) is 2.25. The molecule has 0 saturated carbocycles. The maximum absolute atomic E-state index is 12.3. The molecular formula is C14H17NO4S. The van der Waals surface area contributed by atoms with Crippen LogP contribution in [-0.4, -0.2) is 27.0 Å². The Kier molecular flexibility index (Phi) is 4.57. The highest BCUT2D eigenvalue weighted by atomic mass is 32.2. The zero-order valence-corrected chi connectivity index (χ0v) is 12.0. The third-order valence-corrected chi connectivity index (χ3v) is 4.75. The van der Waals surface area contributed by atoms with Gasteiger partial charge in [0.25, 0.3) is 6.47 Å². The van der Waals surface area contributed by atoms with E-state index in [2.05, 4.69) is 4.72 Å². The molecule has 0 aromatic heterocycles. The summed E-state index contributed by atoms with van der Waals surface area (Å²) in [7, 11) is -3.61. The van der Waals surface area contributed by atoms with Gasteiger partial charge in [-0.3, -0.25) is 4.79 Å². The molecule has 0 fully saturated rings. The summed E-state index contributed by atoms with van der Waals surface area (Å²) in [5.41, 5.74) is 0.992. The van der Waals surface area contributed by atoms with Crippen LogP contribution in [0.3, 0.4) is 0 Å². The maximum Gasteiger partial charge on any atom is 0.293 e. The van der Waals surface area contributed by atoms with Crippen LogP contribution in [-0.2, 0) is 19.6 Å². The standard InChI is InChI=1S/C14H17NO4S/c1-11-6-8-12(9-7-11)20(17,18)15-13-4-2-3-5-14(13)19-10-16/h2-3,6-10,13-15H,4-5H2,1H3/t13-,14-/m1/s1. The number of nitrogens with one attached hydrogen (secondary N) is 1. The molecule has 1 aromatic carbocycles. The Bertz CT molecular complexity index is 592. The Labute approximate surface area is 118 Å². The van der Waals surface area contributed by atoms with Gasteiger partial charge in [-0.1, -0.05) is 29.8 Å². The van der Waals surface area contributed by atoms with Gasteiger partial charge < -0.3 is 4.74 Å². The molecule has 1 aromatic rings. The summed E-state index contributed by atoms with van der Waals surface area (Å²) >= 11 is 0. The lowest BCUT2D eigenvalue weighted by molar-refractivity contribution is -0.134. The monoisotopic (exact) mass is 295 g/mol. The number of sulfonamides is 1. The summed E-state index contributed by atoms with van der Waals surface area (Å²) in [4.78, 5) is 10.7. The van der Waals surface area contributed by atoms with Crippen LogP contribution in [0.2, 0.25) is 0 Å². The average Bonchev–Trinajstić information content (AvgIpc) is 2.41. The number of benzene rings is 1. The van der Waals surface area contributed by atoms with Crippen molar-refractivity contribution in [2.75, 3.05) is 0 Å². The first-order chi connectivity index (χ1) is 9.53. The van der Waals surface area contributed by atoms with Crippen LogP contribution >= 0.6 is 0 Å². The fourth-order valence-electron chi connectivity index (χ4n) is 2.12. The molecule has 0 radical (unpaired) electrons. The lowest BCUT2D eigenvalue weighted by Gasteiger charge is -2.27. The van der Waals surface area contributed by atoms with Crippen LogP contribution in [0.5, 0.6) is 0 Å². The number of carbonyl (C=O) groups excluding carboxylic acids is 1. The van der Waals surface area contributed by atoms with Crippen molar-refractivity contribution in [1.29, 1.82) is 0 Å². The topological polar surface area (TPSA) is 72.5 Å². The average molecular weight is 295 g/mol. The molecule has 0 unspecified atom stereocenters. The summed E-state index contributed by atoms with van der Waals surface area (Å²) in [6, 6.07) is 6.18. The molecule has 0 spiro atoms. The first-order valence-electron chi connectivity index (χ1n) is 6.36. The molecule has 0 bridgehead atoms. The summed E-state index contributed by atoms with van der Waals surface area (Å²) in [5.74, 6) is 0. The van der Waals surface area contributed by atoms with Crippen LogP contribution in [0.1, 0.15) is 18.4 Å². The highest BCUT2D eigenvalue weighted by molar-refractivity contribution is 7.89. The number of hydrogen-bond acceptors (Lipinski definition) is 4. The smallest absolute Gasteiger partial charge is 0.293 e. The van der Waals surface area contributed by atoms with E-state index in [0.29, 0.717) is 19.3 Å². The Morgan fingerprint density at radius 3 is 2.50 bits per heavy atom. The first kappa shape index (κ1) is 14.7. The van der Waals surface area contributed by atoms with Crippen molar-refractivity contribution in [3.05, 3.63) is 42.0 Å². The van der Waals surface area contributed by atoms with E-state index in [1.807, 2.05) is 19.1 Å². The second-order valence-corrected chi connectivity index (χ2v) is 6.47. The van der Waals surface area contributed by atoms with Crippen LogP contribution in [0.4, 0.5) is 0 Å². The number of hydrogen-bond donors (Lipinski definition) is 1. The van der Waals surface area contributed by atoms with E-state index in [1.165, 1.54) is 0 Å². The van der Waals surface area contributed by atoms with Crippen molar-refractivity contribution in [2.24, 2.45) is 0 Å². The van der Waals surface area contributed by atoms with Gasteiger partial charge in [-0.15, -0.1) is 0 Å². The van der Waals surface area contributed by atoms with Gasteiger partial charge in [0.1, 0.15) is 6.10 Å². The molecule has 108 valence electrons. The molecular weight excluding hydrogens is 278 g/mol. The van der Waals surface area contributed by atoms with Crippen molar-refractivity contribution in [3.8, 4) is 0 Å². The minimum absolute atomic E-state index is 0.211. The predicted molar refractivity (Wildman–Crippen MR) is 74.6 cm³/mol. The van der Waals surface area contributed by atoms with E-state index in [0.717, 1.165) is 5.56 Å². The van der Waals surface area contributed by atoms with Gasteiger partial charge in [0.15, 0.2) is 0 Å². The Morgan fingerprint density at radius 1 is 1.20 bits per heavy atom. The number of rotatable bonds is 5. The molecule has 20 heavy (non-hydrogen) atoms. The molecule has 5 nitrogen and oxygen atoms in total. The van der Waals surface area contributed by atoms with Crippen LogP contribution in [0.15, 0.2) is 41.3 Å². The third-order valence-electron chi connectivity index (χ3n) is 3.24. The van der Waals surface area contributed by atoms with E-state index in [4.69, 9.17) is 4.74 Å². The van der Waals surface area contributed by atoms with Gasteiger partial charge in [-0.2, -0.15) is 0 Å². The zero-order chi connectivity index (χ0) is 14.6. The van der Waals surface area contributed by atoms with E-state index in [-0.39, 0.29) is 4.90 Å². The number of carbonyl (C=O) groups is 1. The van der Waals surface area contributed by atoms with E-state index < -0.39 is 22.2 Å². The minimum Gasteiger partial charge on any atom is -0.463 e. The SMILES string of the molecule is Cc1ccc(S(=O)(=O)N[C@@H]2CC=CC[C@H]2OC=O)cc1. The quantitative estimate of drug-likeness (QED) is 0.660. The van der Waals surface area contributed by atoms with Gasteiger partial charge in [0, 0.05) is 6.42 Å². The Morgan fingerprint density at radius 2 is 1.85 bits per heavy atom. The van der Waals surface area contributed by atoms with Crippen molar-refractivity contribution in [2.45, 2.75) is 36.8 Å². The molecule has 1 aliphatic rings. The van der Waals surface area contributed by atoms with Gasteiger partial charge in [-0.05, 0) is 25.5 Å². The van der Waals surface area contributed by atoms with Gasteiger partial charge in [-0.25, -0.2) is 13.1 Å². The molecule has 0 saturated heterocycles. The predicted octanol–water partition coefficient (Wildman–Crippen LogP) is 1.53. The van der Waals surface area contributed by atoms with Crippen molar-refractivity contribution >= 4 is 16.5 Å². The first-order valence-corrected chi connectivity index (χ1v) is 7.84. The lowest BCUT2D eigenvalue weighted by atomic mass is 10.00. The van der Waals surface area contributed by atoms with Gasteiger partial charge >= 0.3 is 0 Å². The van der Waals surface area contributed by atoms with E-state index >= 15 is 0 Å². The summed E-state index contributed by atoms with van der Waals surface area (Å²) in [5, 5.41) is 0. The zero-order valence-electron chi connectivity index (χ0n) is 11.2. The Hall–Kier alpha value is -1.66. The van der Waals surface area contributed by atoms with Crippen LogP contribution in [0.25, 0.3) is 0 Å². The second kappa shape index (κ2) is 6.19. The fourth-order valence-corrected chi connectivity index (χ4v) is 3.40. The normalized spacial score (nSPS) is 22.4. The maximum atomic E-state index is 12.3. The second-order valence-electron chi connectivity index (χ2n) is 4.75.